The Bertz CT molecular complexity index is 556. The molecule has 0 atom stereocenters. The van der Waals surface area contributed by atoms with Crippen LogP contribution in [0.15, 0.2) is 42.5 Å². The maximum atomic E-state index is 12.3. The van der Waals surface area contributed by atoms with Crippen LogP contribution in [-0.4, -0.2) is 5.78 Å². The Kier molecular flexibility index (Phi) is 3.30. The molecule has 0 aliphatic rings. The van der Waals surface area contributed by atoms with E-state index in [0.717, 1.165) is 16.7 Å². The van der Waals surface area contributed by atoms with Crippen LogP contribution in [0.3, 0.4) is 0 Å². The highest BCUT2D eigenvalue weighted by atomic mass is 35.5. The Morgan fingerprint density at radius 3 is 2.29 bits per heavy atom. The number of benzene rings is 2. The average molecular weight is 245 g/mol. The zero-order valence-corrected chi connectivity index (χ0v) is 10.6. The molecule has 86 valence electrons. The molecule has 0 fully saturated rings. The van der Waals surface area contributed by atoms with Gasteiger partial charge in [0.2, 0.25) is 0 Å². The highest BCUT2D eigenvalue weighted by molar-refractivity contribution is 6.30. The molecule has 0 unspecified atom stereocenters. The van der Waals surface area contributed by atoms with Crippen LogP contribution >= 0.6 is 11.6 Å². The van der Waals surface area contributed by atoms with Crippen LogP contribution in [-0.2, 0) is 0 Å². The second kappa shape index (κ2) is 4.72. The Morgan fingerprint density at radius 1 is 1.00 bits per heavy atom. The number of carbonyl (C=O) groups is 1. The summed E-state index contributed by atoms with van der Waals surface area (Å²) in [4.78, 5) is 12.3. The molecule has 0 aromatic heterocycles. The predicted octanol–water partition coefficient (Wildman–Crippen LogP) is 4.19. The molecule has 2 aromatic carbocycles. The van der Waals surface area contributed by atoms with Crippen LogP contribution in [0, 0.1) is 13.8 Å². The van der Waals surface area contributed by atoms with Gasteiger partial charge in [-0.05, 0) is 49.2 Å². The van der Waals surface area contributed by atoms with Gasteiger partial charge >= 0.3 is 0 Å². The normalized spacial score (nSPS) is 10.3. The molecule has 0 saturated heterocycles. The third-order valence-electron chi connectivity index (χ3n) is 2.96. The molecule has 0 aliphatic heterocycles. The maximum Gasteiger partial charge on any atom is 0.193 e. The highest BCUT2D eigenvalue weighted by Crippen LogP contribution is 2.18. The van der Waals surface area contributed by atoms with Crippen LogP contribution in [0.4, 0.5) is 0 Å². The molecule has 0 bridgehead atoms. The Hall–Kier alpha value is -1.60. The van der Waals surface area contributed by atoms with E-state index in [1.54, 1.807) is 24.3 Å². The van der Waals surface area contributed by atoms with Crippen molar-refractivity contribution in [3.05, 3.63) is 69.7 Å². The van der Waals surface area contributed by atoms with E-state index in [9.17, 15) is 4.79 Å². The van der Waals surface area contributed by atoms with E-state index in [4.69, 9.17) is 11.6 Å². The van der Waals surface area contributed by atoms with Gasteiger partial charge < -0.3 is 0 Å². The van der Waals surface area contributed by atoms with E-state index in [1.807, 2.05) is 32.0 Å². The van der Waals surface area contributed by atoms with Gasteiger partial charge in [0.05, 0.1) is 0 Å². The van der Waals surface area contributed by atoms with Crippen LogP contribution in [0.2, 0.25) is 5.02 Å². The average Bonchev–Trinajstić information content (AvgIpc) is 2.33. The molecule has 0 amide bonds. The first-order chi connectivity index (χ1) is 8.09. The number of rotatable bonds is 2. The first-order valence-corrected chi connectivity index (χ1v) is 5.84. The largest absolute Gasteiger partial charge is 0.289 e. The molecule has 0 spiro atoms. The molecular weight excluding hydrogens is 232 g/mol. The van der Waals surface area contributed by atoms with Crippen molar-refractivity contribution in [2.75, 3.05) is 0 Å². The van der Waals surface area contributed by atoms with Gasteiger partial charge in [0, 0.05) is 16.1 Å². The SMILES string of the molecule is Cc1cccc(C(=O)c2ccc(Cl)cc2)c1C. The van der Waals surface area contributed by atoms with Crippen molar-refractivity contribution < 1.29 is 4.79 Å². The third kappa shape index (κ3) is 2.40. The van der Waals surface area contributed by atoms with Crippen molar-refractivity contribution in [1.29, 1.82) is 0 Å². The maximum absolute atomic E-state index is 12.3. The Balaban J connectivity index is 2.44. The van der Waals surface area contributed by atoms with Crippen LogP contribution in [0.1, 0.15) is 27.0 Å². The lowest BCUT2D eigenvalue weighted by atomic mass is 9.96. The summed E-state index contributed by atoms with van der Waals surface area (Å²) in [7, 11) is 0. The monoisotopic (exact) mass is 244 g/mol. The summed E-state index contributed by atoms with van der Waals surface area (Å²) in [5.41, 5.74) is 3.59. The molecular formula is C15H13ClO. The molecule has 2 rings (SSSR count). The molecule has 0 radical (unpaired) electrons. The molecule has 2 heteroatoms. The number of ketones is 1. The summed E-state index contributed by atoms with van der Waals surface area (Å²) in [6, 6.07) is 12.8. The van der Waals surface area contributed by atoms with E-state index in [2.05, 4.69) is 0 Å². The van der Waals surface area contributed by atoms with Gasteiger partial charge in [0.25, 0.3) is 0 Å². The first-order valence-electron chi connectivity index (χ1n) is 5.46. The minimum atomic E-state index is 0.0443. The van der Waals surface area contributed by atoms with Crippen LogP contribution in [0.25, 0.3) is 0 Å². The first kappa shape index (κ1) is 11.9. The van der Waals surface area contributed by atoms with Gasteiger partial charge in [0.1, 0.15) is 0 Å². The van der Waals surface area contributed by atoms with Crippen molar-refractivity contribution in [2.24, 2.45) is 0 Å². The molecule has 2 aromatic rings. The quantitative estimate of drug-likeness (QED) is 0.724. The van der Waals surface area contributed by atoms with Gasteiger partial charge in [-0.25, -0.2) is 0 Å². The van der Waals surface area contributed by atoms with E-state index >= 15 is 0 Å². The lowest BCUT2D eigenvalue weighted by Gasteiger charge is -2.07. The predicted molar refractivity (Wildman–Crippen MR) is 70.8 cm³/mol. The van der Waals surface area contributed by atoms with Crippen LogP contribution in [0.5, 0.6) is 0 Å². The van der Waals surface area contributed by atoms with E-state index < -0.39 is 0 Å². The van der Waals surface area contributed by atoms with E-state index in [-0.39, 0.29) is 5.78 Å². The topological polar surface area (TPSA) is 17.1 Å². The Labute approximate surface area is 106 Å². The molecule has 0 saturated carbocycles. The number of carbonyl (C=O) groups excluding carboxylic acids is 1. The fourth-order valence-electron chi connectivity index (χ4n) is 1.75. The fourth-order valence-corrected chi connectivity index (χ4v) is 1.88. The van der Waals surface area contributed by atoms with E-state index in [0.29, 0.717) is 10.6 Å². The van der Waals surface area contributed by atoms with Crippen molar-refractivity contribution >= 4 is 17.4 Å². The van der Waals surface area contributed by atoms with Crippen molar-refractivity contribution in [2.45, 2.75) is 13.8 Å². The number of halogens is 1. The zero-order valence-electron chi connectivity index (χ0n) is 9.83. The van der Waals surface area contributed by atoms with Gasteiger partial charge in [-0.2, -0.15) is 0 Å². The molecule has 17 heavy (non-hydrogen) atoms. The summed E-state index contributed by atoms with van der Waals surface area (Å²) >= 11 is 5.81. The van der Waals surface area contributed by atoms with Gasteiger partial charge in [-0.15, -0.1) is 0 Å². The number of hydrogen-bond donors (Lipinski definition) is 0. The van der Waals surface area contributed by atoms with Crippen molar-refractivity contribution in [1.82, 2.24) is 0 Å². The molecule has 0 heterocycles. The highest BCUT2D eigenvalue weighted by Gasteiger charge is 2.12. The van der Waals surface area contributed by atoms with Crippen molar-refractivity contribution in [3.8, 4) is 0 Å². The lowest BCUT2D eigenvalue weighted by molar-refractivity contribution is 0.103. The van der Waals surface area contributed by atoms with Gasteiger partial charge in [-0.3, -0.25) is 4.79 Å². The summed E-state index contributed by atoms with van der Waals surface area (Å²) in [5.74, 6) is 0.0443. The second-order valence-electron chi connectivity index (χ2n) is 4.08. The van der Waals surface area contributed by atoms with E-state index in [1.165, 1.54) is 0 Å². The van der Waals surface area contributed by atoms with Crippen LogP contribution < -0.4 is 0 Å². The minimum Gasteiger partial charge on any atom is -0.289 e. The molecule has 0 aliphatic carbocycles. The van der Waals surface area contributed by atoms with Gasteiger partial charge in [0.15, 0.2) is 5.78 Å². The third-order valence-corrected chi connectivity index (χ3v) is 3.21. The standard InChI is InChI=1S/C15H13ClO/c1-10-4-3-5-14(11(10)2)15(17)12-6-8-13(16)9-7-12/h3-9H,1-2H3. The summed E-state index contributed by atoms with van der Waals surface area (Å²) in [6.45, 7) is 3.98. The zero-order chi connectivity index (χ0) is 12.4. The smallest absolute Gasteiger partial charge is 0.193 e. The van der Waals surface area contributed by atoms with Gasteiger partial charge in [-0.1, -0.05) is 29.8 Å². The molecule has 0 N–H and O–H groups in total. The fraction of sp³-hybridized carbons (Fsp3) is 0.133. The Morgan fingerprint density at radius 2 is 1.65 bits per heavy atom. The van der Waals surface area contributed by atoms with Crippen molar-refractivity contribution in [3.63, 3.8) is 0 Å². The summed E-state index contributed by atoms with van der Waals surface area (Å²) in [5, 5.41) is 0.641. The number of hydrogen-bond acceptors (Lipinski definition) is 1. The lowest BCUT2D eigenvalue weighted by Crippen LogP contribution is -2.04. The number of aryl methyl sites for hydroxylation is 1. The molecule has 1 nitrogen and oxygen atoms in total. The second-order valence-corrected chi connectivity index (χ2v) is 4.52. The summed E-state index contributed by atoms with van der Waals surface area (Å²) < 4.78 is 0. The summed E-state index contributed by atoms with van der Waals surface area (Å²) in [6.07, 6.45) is 0. The minimum absolute atomic E-state index is 0.0443.